The van der Waals surface area contributed by atoms with E-state index in [9.17, 15) is 0 Å². The molecule has 0 aromatic heterocycles. The maximum Gasteiger partial charge on any atom is 0.119 e. The molecular weight excluding hydrogens is 198 g/mol. The first-order valence-corrected chi connectivity index (χ1v) is 5.71. The molecule has 0 bridgehead atoms. The van der Waals surface area contributed by atoms with Crippen LogP contribution in [0.3, 0.4) is 0 Å². The minimum absolute atomic E-state index is 0.318. The zero-order valence-corrected chi connectivity index (χ0v) is 10.4. The van der Waals surface area contributed by atoms with Gasteiger partial charge < -0.3 is 10.1 Å². The standard InChI is InChI=1S/C14H21NO/c1-5-16-13-8-6-7-12(10-13)14(15-4)9-11(2)3/h6-8,10,14-15H,2,5,9H2,1,3-4H3. The van der Waals surface area contributed by atoms with E-state index in [0.717, 1.165) is 12.2 Å². The highest BCUT2D eigenvalue weighted by Gasteiger charge is 2.09. The van der Waals surface area contributed by atoms with E-state index < -0.39 is 0 Å². The molecule has 0 saturated heterocycles. The molecule has 1 unspecified atom stereocenters. The molecule has 2 heteroatoms. The van der Waals surface area contributed by atoms with E-state index in [1.807, 2.05) is 26.1 Å². The zero-order chi connectivity index (χ0) is 12.0. The van der Waals surface area contributed by atoms with E-state index in [-0.39, 0.29) is 0 Å². The fourth-order valence-corrected chi connectivity index (χ4v) is 1.72. The highest BCUT2D eigenvalue weighted by atomic mass is 16.5. The summed E-state index contributed by atoms with van der Waals surface area (Å²) in [7, 11) is 1.97. The number of nitrogens with one attached hydrogen (secondary N) is 1. The van der Waals surface area contributed by atoms with Crippen molar-refractivity contribution in [2.45, 2.75) is 26.3 Å². The number of hydrogen-bond acceptors (Lipinski definition) is 2. The van der Waals surface area contributed by atoms with Gasteiger partial charge in [0.25, 0.3) is 0 Å². The van der Waals surface area contributed by atoms with Crippen LogP contribution in [0.2, 0.25) is 0 Å². The molecule has 2 nitrogen and oxygen atoms in total. The molecule has 0 aliphatic heterocycles. The summed E-state index contributed by atoms with van der Waals surface area (Å²) in [5.41, 5.74) is 2.43. The molecular formula is C14H21NO. The highest BCUT2D eigenvalue weighted by Crippen LogP contribution is 2.23. The summed E-state index contributed by atoms with van der Waals surface area (Å²) < 4.78 is 5.50. The lowest BCUT2D eigenvalue weighted by molar-refractivity contribution is 0.339. The van der Waals surface area contributed by atoms with Gasteiger partial charge in [-0.1, -0.05) is 17.7 Å². The molecule has 1 N–H and O–H groups in total. The summed E-state index contributed by atoms with van der Waals surface area (Å²) in [4.78, 5) is 0. The van der Waals surface area contributed by atoms with Crippen molar-refractivity contribution in [3.8, 4) is 5.75 Å². The van der Waals surface area contributed by atoms with Crippen molar-refractivity contribution in [3.63, 3.8) is 0 Å². The third kappa shape index (κ3) is 3.70. The largest absolute Gasteiger partial charge is 0.494 e. The van der Waals surface area contributed by atoms with Gasteiger partial charge in [0.15, 0.2) is 0 Å². The van der Waals surface area contributed by atoms with Crippen molar-refractivity contribution in [2.75, 3.05) is 13.7 Å². The molecule has 16 heavy (non-hydrogen) atoms. The summed E-state index contributed by atoms with van der Waals surface area (Å²) in [6, 6.07) is 8.54. The Kier molecular flexibility index (Phi) is 5.06. The van der Waals surface area contributed by atoms with Crippen LogP contribution < -0.4 is 10.1 Å². The Hall–Kier alpha value is -1.28. The van der Waals surface area contributed by atoms with Gasteiger partial charge in [0.2, 0.25) is 0 Å². The van der Waals surface area contributed by atoms with Crippen LogP contribution in [0.25, 0.3) is 0 Å². The van der Waals surface area contributed by atoms with Gasteiger partial charge >= 0.3 is 0 Å². The Morgan fingerprint density at radius 3 is 2.81 bits per heavy atom. The quantitative estimate of drug-likeness (QED) is 0.741. The summed E-state index contributed by atoms with van der Waals surface area (Å²) >= 11 is 0. The molecule has 0 amide bonds. The Bertz CT molecular complexity index is 346. The molecule has 0 heterocycles. The van der Waals surface area contributed by atoms with Gasteiger partial charge in [0, 0.05) is 6.04 Å². The molecule has 1 rings (SSSR count). The van der Waals surface area contributed by atoms with Crippen LogP contribution in [-0.4, -0.2) is 13.7 Å². The second kappa shape index (κ2) is 6.33. The molecule has 0 spiro atoms. The average molecular weight is 219 g/mol. The van der Waals surface area contributed by atoms with Gasteiger partial charge in [-0.3, -0.25) is 0 Å². The van der Waals surface area contributed by atoms with E-state index in [1.54, 1.807) is 0 Å². The lowest BCUT2D eigenvalue weighted by Gasteiger charge is -2.17. The number of rotatable bonds is 6. The molecule has 1 atom stereocenters. The van der Waals surface area contributed by atoms with Crippen molar-refractivity contribution in [1.82, 2.24) is 5.32 Å². The van der Waals surface area contributed by atoms with Crippen molar-refractivity contribution >= 4 is 0 Å². The third-order valence-corrected chi connectivity index (χ3v) is 2.47. The fourth-order valence-electron chi connectivity index (χ4n) is 1.72. The van der Waals surface area contributed by atoms with Crippen molar-refractivity contribution in [3.05, 3.63) is 42.0 Å². The lowest BCUT2D eigenvalue weighted by atomic mass is 10.0. The van der Waals surface area contributed by atoms with Crippen LogP contribution in [0.1, 0.15) is 31.9 Å². The predicted molar refractivity (Wildman–Crippen MR) is 68.8 cm³/mol. The number of ether oxygens (including phenoxy) is 1. The summed E-state index contributed by atoms with van der Waals surface area (Å²) in [6.45, 7) is 8.71. The first-order chi connectivity index (χ1) is 7.67. The first kappa shape index (κ1) is 12.8. The SMILES string of the molecule is C=C(C)CC(NC)c1cccc(OCC)c1. The Balaban J connectivity index is 2.83. The molecule has 1 aromatic rings. The number of hydrogen-bond donors (Lipinski definition) is 1. The molecule has 0 radical (unpaired) electrons. The van der Waals surface area contributed by atoms with Crippen molar-refractivity contribution in [1.29, 1.82) is 0 Å². The lowest BCUT2D eigenvalue weighted by Crippen LogP contribution is -2.16. The van der Waals surface area contributed by atoms with E-state index in [2.05, 4.69) is 31.0 Å². The molecule has 1 aromatic carbocycles. The smallest absolute Gasteiger partial charge is 0.119 e. The normalized spacial score (nSPS) is 12.2. The monoisotopic (exact) mass is 219 g/mol. The van der Waals surface area contributed by atoms with Gasteiger partial charge in [-0.15, -0.1) is 6.58 Å². The van der Waals surface area contributed by atoms with Gasteiger partial charge in [-0.25, -0.2) is 0 Å². The fraction of sp³-hybridized carbons (Fsp3) is 0.429. The second-order valence-electron chi connectivity index (χ2n) is 4.01. The summed E-state index contributed by atoms with van der Waals surface area (Å²) in [5.74, 6) is 0.932. The van der Waals surface area contributed by atoms with Crippen LogP contribution in [0.15, 0.2) is 36.4 Å². The Morgan fingerprint density at radius 1 is 1.50 bits per heavy atom. The van der Waals surface area contributed by atoms with Gasteiger partial charge in [0.1, 0.15) is 5.75 Å². The third-order valence-electron chi connectivity index (χ3n) is 2.47. The second-order valence-corrected chi connectivity index (χ2v) is 4.01. The highest BCUT2D eigenvalue weighted by molar-refractivity contribution is 5.31. The summed E-state index contributed by atoms with van der Waals surface area (Å²) in [5, 5.41) is 3.30. The van der Waals surface area contributed by atoms with E-state index in [0.29, 0.717) is 12.6 Å². The van der Waals surface area contributed by atoms with Gasteiger partial charge in [-0.2, -0.15) is 0 Å². The van der Waals surface area contributed by atoms with Crippen LogP contribution in [0, 0.1) is 0 Å². The average Bonchev–Trinajstić information content (AvgIpc) is 2.26. The zero-order valence-electron chi connectivity index (χ0n) is 10.4. The van der Waals surface area contributed by atoms with Gasteiger partial charge in [-0.05, 0) is 45.0 Å². The number of benzene rings is 1. The summed E-state index contributed by atoms with van der Waals surface area (Å²) in [6.07, 6.45) is 0.950. The minimum atomic E-state index is 0.318. The predicted octanol–water partition coefficient (Wildman–Crippen LogP) is 3.31. The van der Waals surface area contributed by atoms with E-state index >= 15 is 0 Å². The van der Waals surface area contributed by atoms with Gasteiger partial charge in [0.05, 0.1) is 6.61 Å². The van der Waals surface area contributed by atoms with Crippen molar-refractivity contribution in [2.24, 2.45) is 0 Å². The molecule has 0 saturated carbocycles. The Labute approximate surface area is 98.3 Å². The Morgan fingerprint density at radius 2 is 2.25 bits per heavy atom. The van der Waals surface area contributed by atoms with E-state index in [1.165, 1.54) is 11.1 Å². The molecule has 0 aliphatic carbocycles. The maximum atomic E-state index is 5.50. The minimum Gasteiger partial charge on any atom is -0.494 e. The van der Waals surface area contributed by atoms with E-state index in [4.69, 9.17) is 4.74 Å². The first-order valence-electron chi connectivity index (χ1n) is 5.71. The van der Waals surface area contributed by atoms with Crippen molar-refractivity contribution < 1.29 is 4.74 Å². The van der Waals surface area contributed by atoms with Crippen LogP contribution >= 0.6 is 0 Å². The maximum absolute atomic E-state index is 5.50. The van der Waals surface area contributed by atoms with Crippen LogP contribution in [0.5, 0.6) is 5.75 Å². The molecule has 0 aliphatic rings. The molecule has 0 fully saturated rings. The van der Waals surface area contributed by atoms with Crippen LogP contribution in [0.4, 0.5) is 0 Å². The topological polar surface area (TPSA) is 21.3 Å². The molecule has 88 valence electrons. The van der Waals surface area contributed by atoms with Crippen LogP contribution in [-0.2, 0) is 0 Å².